The largest absolute Gasteiger partial charge is 0.338 e. The standard InChI is InChI=1S/C15H21BrN2O/c1-10-8-12(5-6-14(10)16)15(19)18-7-3-4-13(9-18)11(2)17/h5-6,8,11,13H,3-4,7,9,17H2,1-2H3. The first-order valence-electron chi connectivity index (χ1n) is 6.80. The Labute approximate surface area is 123 Å². The van der Waals surface area contributed by atoms with Gasteiger partial charge in [0.15, 0.2) is 0 Å². The Kier molecular flexibility index (Phi) is 4.63. The SMILES string of the molecule is Cc1cc(C(=O)N2CCCC(C(C)N)C2)ccc1Br. The van der Waals surface area contributed by atoms with Crippen LogP contribution in [0.15, 0.2) is 22.7 Å². The van der Waals surface area contributed by atoms with E-state index in [1.165, 1.54) is 0 Å². The van der Waals surface area contributed by atoms with Gasteiger partial charge in [0.2, 0.25) is 0 Å². The maximum Gasteiger partial charge on any atom is 0.253 e. The molecule has 1 aliphatic heterocycles. The second kappa shape index (κ2) is 6.06. The summed E-state index contributed by atoms with van der Waals surface area (Å²) in [6.07, 6.45) is 2.17. The van der Waals surface area contributed by atoms with Crippen LogP contribution in [0.1, 0.15) is 35.7 Å². The summed E-state index contributed by atoms with van der Waals surface area (Å²) < 4.78 is 1.04. The molecule has 0 aromatic heterocycles. The number of rotatable bonds is 2. The van der Waals surface area contributed by atoms with E-state index in [0.717, 1.165) is 41.5 Å². The van der Waals surface area contributed by atoms with Crippen molar-refractivity contribution in [3.8, 4) is 0 Å². The number of hydrogen-bond acceptors (Lipinski definition) is 2. The van der Waals surface area contributed by atoms with Gasteiger partial charge in [-0.05, 0) is 56.4 Å². The van der Waals surface area contributed by atoms with Crippen LogP contribution in [0.2, 0.25) is 0 Å². The Morgan fingerprint density at radius 2 is 2.26 bits per heavy atom. The molecule has 1 saturated heterocycles. The van der Waals surface area contributed by atoms with Gasteiger partial charge in [-0.1, -0.05) is 15.9 Å². The lowest BCUT2D eigenvalue weighted by Crippen LogP contribution is -2.45. The number of likely N-dealkylation sites (tertiary alicyclic amines) is 1. The van der Waals surface area contributed by atoms with Crippen LogP contribution in [0.25, 0.3) is 0 Å². The molecule has 19 heavy (non-hydrogen) atoms. The average molecular weight is 325 g/mol. The molecule has 1 fully saturated rings. The number of carbonyl (C=O) groups excluding carboxylic acids is 1. The number of hydrogen-bond donors (Lipinski definition) is 1. The summed E-state index contributed by atoms with van der Waals surface area (Å²) in [5, 5.41) is 0. The van der Waals surface area contributed by atoms with Crippen LogP contribution in [0, 0.1) is 12.8 Å². The van der Waals surface area contributed by atoms with E-state index in [0.29, 0.717) is 5.92 Å². The molecule has 1 aliphatic rings. The van der Waals surface area contributed by atoms with Crippen molar-refractivity contribution in [3.63, 3.8) is 0 Å². The molecule has 2 N–H and O–H groups in total. The van der Waals surface area contributed by atoms with Crippen LogP contribution in [-0.4, -0.2) is 29.9 Å². The molecule has 0 aliphatic carbocycles. The molecular formula is C15H21BrN2O. The van der Waals surface area contributed by atoms with Crippen LogP contribution < -0.4 is 5.73 Å². The van der Waals surface area contributed by atoms with Crippen molar-refractivity contribution in [1.29, 1.82) is 0 Å². The maximum absolute atomic E-state index is 12.5. The molecule has 2 atom stereocenters. The molecule has 2 unspecified atom stereocenters. The Bertz CT molecular complexity index is 473. The van der Waals surface area contributed by atoms with Crippen LogP contribution in [0.3, 0.4) is 0 Å². The van der Waals surface area contributed by atoms with Gasteiger partial charge in [0.25, 0.3) is 5.91 Å². The van der Waals surface area contributed by atoms with E-state index in [9.17, 15) is 4.79 Å². The molecule has 1 aromatic rings. The van der Waals surface area contributed by atoms with Gasteiger partial charge in [0, 0.05) is 29.2 Å². The smallest absolute Gasteiger partial charge is 0.253 e. The van der Waals surface area contributed by atoms with E-state index in [1.54, 1.807) is 0 Å². The molecule has 104 valence electrons. The maximum atomic E-state index is 12.5. The summed E-state index contributed by atoms with van der Waals surface area (Å²) in [5.74, 6) is 0.551. The molecule has 0 spiro atoms. The highest BCUT2D eigenvalue weighted by atomic mass is 79.9. The third kappa shape index (κ3) is 3.37. The quantitative estimate of drug-likeness (QED) is 0.909. The van der Waals surface area contributed by atoms with Gasteiger partial charge >= 0.3 is 0 Å². The van der Waals surface area contributed by atoms with E-state index in [4.69, 9.17) is 5.73 Å². The molecular weight excluding hydrogens is 304 g/mol. The lowest BCUT2D eigenvalue weighted by molar-refractivity contribution is 0.0661. The Balaban J connectivity index is 2.12. The molecule has 0 radical (unpaired) electrons. The summed E-state index contributed by atoms with van der Waals surface area (Å²) in [4.78, 5) is 14.4. The highest BCUT2D eigenvalue weighted by Crippen LogP contribution is 2.22. The number of nitrogens with zero attached hydrogens (tertiary/aromatic N) is 1. The zero-order valence-electron chi connectivity index (χ0n) is 11.5. The Hall–Kier alpha value is -0.870. The Morgan fingerprint density at radius 3 is 2.89 bits per heavy atom. The molecule has 2 rings (SSSR count). The van der Waals surface area contributed by atoms with Crippen molar-refractivity contribution in [2.24, 2.45) is 11.7 Å². The van der Waals surface area contributed by atoms with Gasteiger partial charge in [0.1, 0.15) is 0 Å². The van der Waals surface area contributed by atoms with Gasteiger partial charge in [-0.25, -0.2) is 0 Å². The molecule has 1 heterocycles. The predicted molar refractivity (Wildman–Crippen MR) is 81.2 cm³/mol. The first-order chi connectivity index (χ1) is 8.99. The second-order valence-corrected chi connectivity index (χ2v) is 6.33. The summed E-state index contributed by atoms with van der Waals surface area (Å²) in [6.45, 7) is 5.66. The fraction of sp³-hybridized carbons (Fsp3) is 0.533. The number of piperidine rings is 1. The van der Waals surface area contributed by atoms with Gasteiger partial charge in [0.05, 0.1) is 0 Å². The first-order valence-corrected chi connectivity index (χ1v) is 7.59. The normalized spacial score (nSPS) is 21.3. The molecule has 1 aromatic carbocycles. The van der Waals surface area contributed by atoms with Crippen molar-refractivity contribution in [1.82, 2.24) is 4.90 Å². The number of carbonyl (C=O) groups is 1. The third-order valence-corrected chi connectivity index (χ3v) is 4.78. The summed E-state index contributed by atoms with van der Waals surface area (Å²) in [7, 11) is 0. The van der Waals surface area contributed by atoms with Crippen LogP contribution >= 0.6 is 15.9 Å². The second-order valence-electron chi connectivity index (χ2n) is 5.48. The molecule has 0 bridgehead atoms. The van der Waals surface area contributed by atoms with Crippen molar-refractivity contribution in [2.75, 3.05) is 13.1 Å². The topological polar surface area (TPSA) is 46.3 Å². The van der Waals surface area contributed by atoms with Gasteiger partial charge in [-0.15, -0.1) is 0 Å². The van der Waals surface area contributed by atoms with Gasteiger partial charge < -0.3 is 10.6 Å². The highest BCUT2D eigenvalue weighted by molar-refractivity contribution is 9.10. The Morgan fingerprint density at radius 1 is 1.53 bits per heavy atom. The fourth-order valence-corrected chi connectivity index (χ4v) is 2.83. The zero-order valence-corrected chi connectivity index (χ0v) is 13.1. The lowest BCUT2D eigenvalue weighted by atomic mass is 9.92. The first kappa shape index (κ1) is 14.5. The number of halogens is 1. The monoisotopic (exact) mass is 324 g/mol. The van der Waals surface area contributed by atoms with Crippen molar-refractivity contribution in [2.45, 2.75) is 32.7 Å². The number of benzene rings is 1. The van der Waals surface area contributed by atoms with Gasteiger partial charge in [-0.2, -0.15) is 0 Å². The van der Waals surface area contributed by atoms with Crippen molar-refractivity contribution < 1.29 is 4.79 Å². The van der Waals surface area contributed by atoms with E-state index in [2.05, 4.69) is 15.9 Å². The summed E-state index contributed by atoms with van der Waals surface area (Å²) in [6, 6.07) is 5.93. The van der Waals surface area contributed by atoms with E-state index >= 15 is 0 Å². The van der Waals surface area contributed by atoms with Crippen LogP contribution in [0.5, 0.6) is 0 Å². The third-order valence-electron chi connectivity index (χ3n) is 3.89. The van der Waals surface area contributed by atoms with E-state index < -0.39 is 0 Å². The summed E-state index contributed by atoms with van der Waals surface area (Å²) >= 11 is 3.46. The average Bonchev–Trinajstić information content (AvgIpc) is 2.41. The minimum atomic E-state index is 0.126. The fourth-order valence-electron chi connectivity index (χ4n) is 2.58. The predicted octanol–water partition coefficient (Wildman–Crippen LogP) is 2.96. The van der Waals surface area contributed by atoms with Crippen LogP contribution in [0.4, 0.5) is 0 Å². The minimum Gasteiger partial charge on any atom is -0.338 e. The summed E-state index contributed by atoms with van der Waals surface area (Å²) in [5.41, 5.74) is 7.83. The number of aryl methyl sites for hydroxylation is 1. The molecule has 0 saturated carbocycles. The van der Waals surface area contributed by atoms with Crippen molar-refractivity contribution in [3.05, 3.63) is 33.8 Å². The lowest BCUT2D eigenvalue weighted by Gasteiger charge is -2.34. The highest BCUT2D eigenvalue weighted by Gasteiger charge is 2.26. The van der Waals surface area contributed by atoms with Crippen molar-refractivity contribution >= 4 is 21.8 Å². The van der Waals surface area contributed by atoms with Gasteiger partial charge in [-0.3, -0.25) is 4.79 Å². The zero-order chi connectivity index (χ0) is 14.0. The molecule has 4 heteroatoms. The minimum absolute atomic E-state index is 0.126. The van der Waals surface area contributed by atoms with E-state index in [-0.39, 0.29) is 11.9 Å². The number of nitrogens with two attached hydrogens (primary N) is 1. The van der Waals surface area contributed by atoms with E-state index in [1.807, 2.05) is 36.9 Å². The molecule has 3 nitrogen and oxygen atoms in total. The number of amides is 1. The van der Waals surface area contributed by atoms with Crippen LogP contribution in [-0.2, 0) is 0 Å². The molecule has 1 amide bonds.